The maximum Gasteiger partial charge on any atom is 0.301 e. The summed E-state index contributed by atoms with van der Waals surface area (Å²) in [6, 6.07) is 17.1. The SMILES string of the molecule is CCCCOc1cccc(C2/C(=C(\O)c3ccc(F)cc3)C(=O)C(=O)N2c2nnc(SCc3ccc(F)cc3)s2)c1. The van der Waals surface area contributed by atoms with Crippen molar-refractivity contribution in [2.45, 2.75) is 35.9 Å². The van der Waals surface area contributed by atoms with E-state index in [2.05, 4.69) is 17.1 Å². The fourth-order valence-electron chi connectivity index (χ4n) is 4.30. The third-order valence-electron chi connectivity index (χ3n) is 6.38. The molecule has 0 bridgehead atoms. The van der Waals surface area contributed by atoms with Crippen molar-refractivity contribution in [2.24, 2.45) is 0 Å². The summed E-state index contributed by atoms with van der Waals surface area (Å²) < 4.78 is 33.2. The standard InChI is InChI=1S/C30H25F2N3O4S2/c1-2-3-15-39-23-6-4-5-20(16-23)25-24(26(36)19-9-13-22(32)14-10-19)27(37)28(38)35(25)29-33-34-30(41-29)40-17-18-7-11-21(31)12-8-18/h4-14,16,25,36H,2-3,15,17H2,1H3/b26-24+. The Balaban J connectivity index is 1.53. The number of amides is 1. The lowest BCUT2D eigenvalue weighted by Gasteiger charge is -2.23. The first-order chi connectivity index (χ1) is 19.9. The van der Waals surface area contributed by atoms with E-state index in [1.807, 2.05) is 0 Å². The molecule has 1 atom stereocenters. The first-order valence-electron chi connectivity index (χ1n) is 12.9. The normalized spacial score (nSPS) is 16.4. The summed E-state index contributed by atoms with van der Waals surface area (Å²) in [6.07, 6.45) is 1.81. The van der Waals surface area contributed by atoms with E-state index in [4.69, 9.17) is 4.74 Å². The Hall–Kier alpha value is -4.09. The van der Waals surface area contributed by atoms with Gasteiger partial charge in [0.25, 0.3) is 5.78 Å². The molecule has 41 heavy (non-hydrogen) atoms. The summed E-state index contributed by atoms with van der Waals surface area (Å²) in [5.74, 6) is -1.98. The lowest BCUT2D eigenvalue weighted by Crippen LogP contribution is -2.29. The number of ether oxygens (including phenoxy) is 1. The number of anilines is 1. The Morgan fingerprint density at radius 3 is 2.44 bits per heavy atom. The van der Waals surface area contributed by atoms with Crippen LogP contribution in [0.25, 0.3) is 5.76 Å². The molecule has 1 aliphatic heterocycles. The lowest BCUT2D eigenvalue weighted by molar-refractivity contribution is -0.132. The summed E-state index contributed by atoms with van der Waals surface area (Å²) in [5.41, 5.74) is 1.45. The largest absolute Gasteiger partial charge is 0.507 e. The number of aliphatic hydroxyl groups is 1. The van der Waals surface area contributed by atoms with E-state index in [0.717, 1.165) is 41.9 Å². The van der Waals surface area contributed by atoms with Crippen molar-refractivity contribution < 1.29 is 28.2 Å². The van der Waals surface area contributed by atoms with Crippen LogP contribution in [0.5, 0.6) is 5.75 Å². The molecular weight excluding hydrogens is 568 g/mol. The van der Waals surface area contributed by atoms with Crippen LogP contribution >= 0.6 is 23.1 Å². The van der Waals surface area contributed by atoms with Gasteiger partial charge in [0.05, 0.1) is 18.2 Å². The average Bonchev–Trinajstić information content (AvgIpc) is 3.55. The van der Waals surface area contributed by atoms with Crippen molar-refractivity contribution in [3.63, 3.8) is 0 Å². The van der Waals surface area contributed by atoms with Gasteiger partial charge in [0.1, 0.15) is 23.1 Å². The van der Waals surface area contributed by atoms with Gasteiger partial charge in [-0.3, -0.25) is 14.5 Å². The monoisotopic (exact) mass is 593 g/mol. The first-order valence-corrected chi connectivity index (χ1v) is 14.7. The number of unbranched alkanes of at least 4 members (excludes halogenated alkanes) is 1. The summed E-state index contributed by atoms with van der Waals surface area (Å²) >= 11 is 2.48. The molecule has 3 aromatic carbocycles. The number of thioether (sulfide) groups is 1. The molecule has 4 aromatic rings. The second-order valence-corrected chi connectivity index (χ2v) is 11.4. The Morgan fingerprint density at radius 2 is 1.73 bits per heavy atom. The molecule has 0 saturated carbocycles. The second kappa shape index (κ2) is 12.6. The molecular formula is C30H25F2N3O4S2. The van der Waals surface area contributed by atoms with Crippen molar-refractivity contribution in [1.29, 1.82) is 0 Å². The van der Waals surface area contributed by atoms with Gasteiger partial charge < -0.3 is 9.84 Å². The molecule has 1 aromatic heterocycles. The number of ketones is 1. The van der Waals surface area contributed by atoms with Crippen molar-refractivity contribution in [2.75, 3.05) is 11.5 Å². The smallest absolute Gasteiger partial charge is 0.301 e. The Bertz CT molecular complexity index is 1590. The fraction of sp³-hybridized carbons (Fsp3) is 0.200. The molecule has 0 radical (unpaired) electrons. The summed E-state index contributed by atoms with van der Waals surface area (Å²) in [4.78, 5) is 28.1. The highest BCUT2D eigenvalue weighted by Gasteiger charge is 2.48. The van der Waals surface area contributed by atoms with Gasteiger partial charge in [0, 0.05) is 11.3 Å². The van der Waals surface area contributed by atoms with E-state index < -0.39 is 29.3 Å². The number of Topliss-reactive ketones (excluding diaryl/α,β-unsaturated/α-hetero) is 1. The molecule has 7 nitrogen and oxygen atoms in total. The van der Waals surface area contributed by atoms with E-state index in [9.17, 15) is 23.5 Å². The topological polar surface area (TPSA) is 92.6 Å². The fourth-order valence-corrected chi connectivity index (χ4v) is 6.12. The number of carbonyl (C=O) groups excluding carboxylic acids is 2. The number of rotatable bonds is 10. The van der Waals surface area contributed by atoms with Crippen LogP contribution in [-0.4, -0.2) is 33.6 Å². The second-order valence-electron chi connectivity index (χ2n) is 9.22. The molecule has 1 saturated heterocycles. The minimum atomic E-state index is -1.03. The number of benzene rings is 3. The number of halogens is 2. The molecule has 1 N–H and O–H groups in total. The molecule has 1 aliphatic rings. The van der Waals surface area contributed by atoms with Crippen LogP contribution < -0.4 is 9.64 Å². The Morgan fingerprint density at radius 1 is 1.02 bits per heavy atom. The van der Waals surface area contributed by atoms with Crippen molar-refractivity contribution in [1.82, 2.24) is 10.2 Å². The Labute approximate surface area is 243 Å². The zero-order valence-corrected chi connectivity index (χ0v) is 23.6. The molecule has 210 valence electrons. The van der Waals surface area contributed by atoms with E-state index in [0.29, 0.717) is 28.0 Å². The lowest BCUT2D eigenvalue weighted by atomic mass is 9.95. The third kappa shape index (κ3) is 6.31. The quantitative estimate of drug-likeness (QED) is 0.0533. The van der Waals surface area contributed by atoms with Gasteiger partial charge in [-0.05, 0) is 66.1 Å². The van der Waals surface area contributed by atoms with Crippen LogP contribution in [0.4, 0.5) is 13.9 Å². The molecule has 0 spiro atoms. The molecule has 1 fully saturated rings. The van der Waals surface area contributed by atoms with E-state index in [-0.39, 0.29) is 22.1 Å². The molecule has 1 unspecified atom stereocenters. The number of hydrogen-bond acceptors (Lipinski definition) is 8. The highest BCUT2D eigenvalue weighted by Crippen LogP contribution is 2.44. The number of aromatic nitrogens is 2. The molecule has 1 amide bonds. The minimum Gasteiger partial charge on any atom is -0.507 e. The van der Waals surface area contributed by atoms with Crippen LogP contribution in [0.2, 0.25) is 0 Å². The minimum absolute atomic E-state index is 0.150. The van der Waals surface area contributed by atoms with Crippen LogP contribution in [0.3, 0.4) is 0 Å². The van der Waals surface area contributed by atoms with E-state index in [1.54, 1.807) is 36.4 Å². The van der Waals surface area contributed by atoms with Gasteiger partial charge in [-0.1, -0.05) is 60.7 Å². The number of aliphatic hydroxyl groups excluding tert-OH is 1. The number of nitrogens with zero attached hydrogens (tertiary/aromatic N) is 3. The summed E-state index contributed by atoms with van der Waals surface area (Å²) in [5, 5.41) is 19.8. The van der Waals surface area contributed by atoms with Crippen molar-refractivity contribution in [3.8, 4) is 5.75 Å². The maximum absolute atomic E-state index is 13.6. The van der Waals surface area contributed by atoms with E-state index in [1.165, 1.54) is 40.9 Å². The predicted octanol–water partition coefficient (Wildman–Crippen LogP) is 6.91. The van der Waals surface area contributed by atoms with Gasteiger partial charge >= 0.3 is 5.91 Å². The molecule has 5 rings (SSSR count). The zero-order chi connectivity index (χ0) is 28.9. The van der Waals surface area contributed by atoms with Crippen LogP contribution in [-0.2, 0) is 15.3 Å². The van der Waals surface area contributed by atoms with Gasteiger partial charge in [-0.25, -0.2) is 8.78 Å². The van der Waals surface area contributed by atoms with E-state index >= 15 is 0 Å². The summed E-state index contributed by atoms with van der Waals surface area (Å²) in [6.45, 7) is 2.55. The predicted molar refractivity (Wildman–Crippen MR) is 154 cm³/mol. The van der Waals surface area contributed by atoms with Gasteiger partial charge in [0.2, 0.25) is 5.13 Å². The van der Waals surface area contributed by atoms with Gasteiger partial charge in [-0.15, -0.1) is 10.2 Å². The molecule has 11 heteroatoms. The number of carbonyl (C=O) groups is 2. The molecule has 0 aliphatic carbocycles. The zero-order valence-electron chi connectivity index (χ0n) is 21.9. The Kier molecular flexibility index (Phi) is 8.75. The third-order valence-corrected chi connectivity index (χ3v) is 8.51. The number of hydrogen-bond donors (Lipinski definition) is 1. The van der Waals surface area contributed by atoms with Crippen LogP contribution in [0, 0.1) is 11.6 Å². The summed E-state index contributed by atoms with van der Waals surface area (Å²) in [7, 11) is 0. The maximum atomic E-state index is 13.6. The highest BCUT2D eigenvalue weighted by molar-refractivity contribution is 8.00. The van der Waals surface area contributed by atoms with Crippen molar-refractivity contribution in [3.05, 3.63) is 107 Å². The van der Waals surface area contributed by atoms with Crippen molar-refractivity contribution >= 4 is 45.7 Å². The van der Waals surface area contributed by atoms with Crippen LogP contribution in [0.15, 0.2) is 82.7 Å². The van der Waals surface area contributed by atoms with Crippen LogP contribution in [0.1, 0.15) is 42.5 Å². The van der Waals surface area contributed by atoms with Gasteiger partial charge in [-0.2, -0.15) is 0 Å². The average molecular weight is 594 g/mol. The highest BCUT2D eigenvalue weighted by atomic mass is 32.2. The van der Waals surface area contributed by atoms with Gasteiger partial charge in [0.15, 0.2) is 4.34 Å². The molecule has 2 heterocycles. The first kappa shape index (κ1) is 28.4.